The number of fused-ring (bicyclic) bond motifs is 1. The van der Waals surface area contributed by atoms with Crippen LogP contribution in [-0.2, 0) is 16.0 Å². The number of hydrogen-bond acceptors (Lipinski definition) is 3. The minimum absolute atomic E-state index is 0.0738. The Kier molecular flexibility index (Phi) is 3.57. The van der Waals surface area contributed by atoms with E-state index >= 15 is 0 Å². The Morgan fingerprint density at radius 3 is 2.76 bits per heavy atom. The highest BCUT2D eigenvalue weighted by molar-refractivity contribution is 5.88. The number of nitrogens with zero attached hydrogens (tertiary/aromatic N) is 1. The van der Waals surface area contributed by atoms with Crippen LogP contribution < -0.4 is 11.1 Å². The average molecular weight is 287 g/mol. The van der Waals surface area contributed by atoms with E-state index in [0.717, 1.165) is 18.5 Å². The van der Waals surface area contributed by atoms with Gasteiger partial charge < -0.3 is 16.0 Å². The van der Waals surface area contributed by atoms with Gasteiger partial charge in [0.05, 0.1) is 5.92 Å². The molecule has 2 amide bonds. The quantitative estimate of drug-likeness (QED) is 0.856. The SMILES string of the molecule is CC1CCC(C(N)=O)CN1C(=O)[C@@H]1Cc2ccccc2N1. The normalized spacial score (nSPS) is 27.9. The van der Waals surface area contributed by atoms with Crippen molar-refractivity contribution in [2.24, 2.45) is 11.7 Å². The third-order valence-electron chi connectivity index (χ3n) is 4.64. The van der Waals surface area contributed by atoms with E-state index in [2.05, 4.69) is 5.32 Å². The first-order chi connectivity index (χ1) is 10.1. The molecule has 0 spiro atoms. The second kappa shape index (κ2) is 5.39. The molecule has 0 aliphatic carbocycles. The minimum Gasteiger partial charge on any atom is -0.373 e. The van der Waals surface area contributed by atoms with Crippen molar-refractivity contribution in [3.8, 4) is 0 Å². The molecule has 2 heterocycles. The molecule has 2 aliphatic heterocycles. The summed E-state index contributed by atoms with van der Waals surface area (Å²) in [6.07, 6.45) is 2.32. The molecule has 2 aliphatic rings. The summed E-state index contributed by atoms with van der Waals surface area (Å²) < 4.78 is 0. The van der Waals surface area contributed by atoms with Gasteiger partial charge in [0.25, 0.3) is 0 Å². The molecule has 3 rings (SSSR count). The van der Waals surface area contributed by atoms with E-state index in [1.807, 2.05) is 36.1 Å². The standard InChI is InChI=1S/C16H21N3O2/c1-10-6-7-12(15(17)20)9-19(10)16(21)14-8-11-4-2-3-5-13(11)18-14/h2-5,10,12,14,18H,6-9H2,1H3,(H2,17,20)/t10?,12?,14-/m0/s1. The lowest BCUT2D eigenvalue weighted by molar-refractivity contribution is -0.138. The van der Waals surface area contributed by atoms with E-state index in [-0.39, 0.29) is 29.8 Å². The number of likely N-dealkylation sites (tertiary alicyclic amines) is 1. The van der Waals surface area contributed by atoms with Crippen LogP contribution >= 0.6 is 0 Å². The predicted octanol–water partition coefficient (Wildman–Crippen LogP) is 1.14. The molecule has 1 fully saturated rings. The molecule has 1 saturated heterocycles. The van der Waals surface area contributed by atoms with Crippen LogP contribution in [0.3, 0.4) is 0 Å². The van der Waals surface area contributed by atoms with Gasteiger partial charge in [0.15, 0.2) is 0 Å². The Bertz CT molecular complexity index is 547. The van der Waals surface area contributed by atoms with E-state index in [4.69, 9.17) is 5.73 Å². The van der Waals surface area contributed by atoms with Gasteiger partial charge in [-0.25, -0.2) is 0 Å². The number of nitrogens with one attached hydrogen (secondary N) is 1. The number of rotatable bonds is 2. The number of piperidine rings is 1. The number of carbonyl (C=O) groups excluding carboxylic acids is 2. The van der Waals surface area contributed by atoms with E-state index in [0.29, 0.717) is 13.0 Å². The number of anilines is 1. The highest BCUT2D eigenvalue weighted by Gasteiger charge is 2.36. The summed E-state index contributed by atoms with van der Waals surface area (Å²) >= 11 is 0. The van der Waals surface area contributed by atoms with Gasteiger partial charge in [-0.05, 0) is 31.4 Å². The highest BCUT2D eigenvalue weighted by Crippen LogP contribution is 2.28. The monoisotopic (exact) mass is 287 g/mol. The lowest BCUT2D eigenvalue weighted by Gasteiger charge is -2.38. The fourth-order valence-corrected chi connectivity index (χ4v) is 3.29. The molecular formula is C16H21N3O2. The predicted molar refractivity (Wildman–Crippen MR) is 80.7 cm³/mol. The number of para-hydroxylation sites is 1. The molecule has 1 aromatic rings. The molecule has 2 unspecified atom stereocenters. The average Bonchev–Trinajstić information content (AvgIpc) is 2.90. The topological polar surface area (TPSA) is 75.4 Å². The van der Waals surface area contributed by atoms with Crippen LogP contribution in [0.1, 0.15) is 25.3 Å². The van der Waals surface area contributed by atoms with Crippen LogP contribution in [0.25, 0.3) is 0 Å². The maximum absolute atomic E-state index is 12.8. The zero-order valence-electron chi connectivity index (χ0n) is 12.2. The van der Waals surface area contributed by atoms with Gasteiger partial charge in [0.1, 0.15) is 6.04 Å². The summed E-state index contributed by atoms with van der Waals surface area (Å²) in [6, 6.07) is 7.93. The summed E-state index contributed by atoms with van der Waals surface area (Å²) in [5, 5.41) is 3.29. The zero-order chi connectivity index (χ0) is 15.0. The highest BCUT2D eigenvalue weighted by atomic mass is 16.2. The number of amides is 2. The van der Waals surface area contributed by atoms with Crippen LogP contribution in [0.15, 0.2) is 24.3 Å². The lowest BCUT2D eigenvalue weighted by Crippen LogP contribution is -2.52. The maximum atomic E-state index is 12.8. The second-order valence-corrected chi connectivity index (χ2v) is 6.07. The molecule has 5 nitrogen and oxygen atoms in total. The van der Waals surface area contributed by atoms with Crippen molar-refractivity contribution < 1.29 is 9.59 Å². The van der Waals surface area contributed by atoms with Crippen LogP contribution in [0.4, 0.5) is 5.69 Å². The van der Waals surface area contributed by atoms with Gasteiger partial charge in [-0.1, -0.05) is 18.2 Å². The van der Waals surface area contributed by atoms with Crippen LogP contribution in [0, 0.1) is 5.92 Å². The first-order valence-corrected chi connectivity index (χ1v) is 7.50. The third kappa shape index (κ3) is 2.60. The van der Waals surface area contributed by atoms with E-state index < -0.39 is 0 Å². The van der Waals surface area contributed by atoms with Crippen molar-refractivity contribution in [2.75, 3.05) is 11.9 Å². The van der Waals surface area contributed by atoms with Gasteiger partial charge in [0, 0.05) is 24.7 Å². The summed E-state index contributed by atoms with van der Waals surface area (Å²) in [6.45, 7) is 2.49. The van der Waals surface area contributed by atoms with Crippen LogP contribution in [0.2, 0.25) is 0 Å². The number of nitrogens with two attached hydrogens (primary N) is 1. The van der Waals surface area contributed by atoms with Gasteiger partial charge in [0.2, 0.25) is 11.8 Å². The van der Waals surface area contributed by atoms with Crippen molar-refractivity contribution in [2.45, 2.75) is 38.3 Å². The number of hydrogen-bond donors (Lipinski definition) is 2. The molecule has 21 heavy (non-hydrogen) atoms. The van der Waals surface area contributed by atoms with Crippen molar-refractivity contribution in [3.63, 3.8) is 0 Å². The summed E-state index contributed by atoms with van der Waals surface area (Å²) in [7, 11) is 0. The Morgan fingerprint density at radius 2 is 2.05 bits per heavy atom. The molecule has 0 aromatic heterocycles. The van der Waals surface area contributed by atoms with Crippen molar-refractivity contribution in [1.29, 1.82) is 0 Å². The Morgan fingerprint density at radius 1 is 1.29 bits per heavy atom. The molecule has 0 bridgehead atoms. The minimum atomic E-state index is -0.303. The molecule has 3 N–H and O–H groups in total. The summed E-state index contributed by atoms with van der Waals surface area (Å²) in [5.41, 5.74) is 7.61. The number of benzene rings is 1. The van der Waals surface area contributed by atoms with Crippen molar-refractivity contribution in [1.82, 2.24) is 4.90 Å². The number of carbonyl (C=O) groups is 2. The Balaban J connectivity index is 1.72. The summed E-state index contributed by atoms with van der Waals surface area (Å²) in [4.78, 5) is 26.0. The molecule has 0 radical (unpaired) electrons. The molecular weight excluding hydrogens is 266 g/mol. The first kappa shape index (κ1) is 13.9. The summed E-state index contributed by atoms with van der Waals surface area (Å²) in [5.74, 6) is -0.444. The Hall–Kier alpha value is -2.04. The molecule has 3 atom stereocenters. The second-order valence-electron chi connectivity index (χ2n) is 6.07. The van der Waals surface area contributed by atoms with Gasteiger partial charge in [-0.2, -0.15) is 0 Å². The van der Waals surface area contributed by atoms with Crippen LogP contribution in [0.5, 0.6) is 0 Å². The third-order valence-corrected chi connectivity index (χ3v) is 4.64. The largest absolute Gasteiger partial charge is 0.373 e. The molecule has 0 saturated carbocycles. The maximum Gasteiger partial charge on any atom is 0.245 e. The molecule has 5 heteroatoms. The van der Waals surface area contributed by atoms with Crippen LogP contribution in [-0.4, -0.2) is 35.3 Å². The van der Waals surface area contributed by atoms with E-state index in [1.54, 1.807) is 0 Å². The van der Waals surface area contributed by atoms with Gasteiger partial charge in [-0.15, -0.1) is 0 Å². The fraction of sp³-hybridized carbons (Fsp3) is 0.500. The smallest absolute Gasteiger partial charge is 0.245 e. The van der Waals surface area contributed by atoms with Crippen molar-refractivity contribution in [3.05, 3.63) is 29.8 Å². The molecule has 112 valence electrons. The fourth-order valence-electron chi connectivity index (χ4n) is 3.29. The molecule has 1 aromatic carbocycles. The first-order valence-electron chi connectivity index (χ1n) is 7.50. The zero-order valence-corrected chi connectivity index (χ0v) is 12.2. The van der Waals surface area contributed by atoms with Gasteiger partial charge >= 0.3 is 0 Å². The Labute approximate surface area is 124 Å². The lowest BCUT2D eigenvalue weighted by atomic mass is 9.92. The van der Waals surface area contributed by atoms with E-state index in [1.165, 1.54) is 5.56 Å². The van der Waals surface area contributed by atoms with Gasteiger partial charge in [-0.3, -0.25) is 9.59 Å². The van der Waals surface area contributed by atoms with Crippen molar-refractivity contribution >= 4 is 17.5 Å². The van der Waals surface area contributed by atoms with E-state index in [9.17, 15) is 9.59 Å². The number of primary amides is 1.